The molecule has 0 saturated heterocycles. The van der Waals surface area contributed by atoms with E-state index >= 15 is 0 Å². The second kappa shape index (κ2) is 7.54. The molecule has 0 aromatic heterocycles. The number of halogens is 1. The third-order valence-electron chi connectivity index (χ3n) is 2.99. The van der Waals surface area contributed by atoms with Crippen molar-refractivity contribution in [1.29, 1.82) is 0 Å². The number of benzene rings is 1. The molecule has 1 aromatic carbocycles. The number of carbonyl (C=O) groups excluding carboxylic acids is 1. The number of anilines is 1. The van der Waals surface area contributed by atoms with Gasteiger partial charge in [0.2, 0.25) is 5.91 Å². The predicted molar refractivity (Wildman–Crippen MR) is 79.6 cm³/mol. The van der Waals surface area contributed by atoms with Gasteiger partial charge in [-0.2, -0.15) is 0 Å². The van der Waals surface area contributed by atoms with Crippen molar-refractivity contribution in [2.45, 2.75) is 33.1 Å². The first kappa shape index (κ1) is 15.2. The van der Waals surface area contributed by atoms with E-state index < -0.39 is 0 Å². The number of carbonyl (C=O) groups is 1. The van der Waals surface area contributed by atoms with Gasteiger partial charge in [0.15, 0.2) is 0 Å². The normalized spacial score (nSPS) is 12.2. The molecule has 1 unspecified atom stereocenters. The molecule has 0 heterocycles. The summed E-state index contributed by atoms with van der Waals surface area (Å²) in [5, 5.41) is 2.93. The van der Waals surface area contributed by atoms with Crippen molar-refractivity contribution in [2.24, 2.45) is 11.7 Å². The van der Waals surface area contributed by atoms with Gasteiger partial charge in [-0.15, -0.1) is 0 Å². The number of nitrogens with two attached hydrogens (primary N) is 1. The van der Waals surface area contributed by atoms with Crippen molar-refractivity contribution in [3.05, 3.63) is 28.2 Å². The molecule has 1 aromatic rings. The van der Waals surface area contributed by atoms with E-state index in [-0.39, 0.29) is 5.91 Å². The van der Waals surface area contributed by atoms with Crippen LogP contribution in [0, 0.1) is 12.8 Å². The molecule has 0 bridgehead atoms. The van der Waals surface area contributed by atoms with Gasteiger partial charge >= 0.3 is 0 Å². The first-order chi connectivity index (χ1) is 8.54. The molecule has 0 saturated carbocycles. The maximum absolute atomic E-state index is 11.8. The van der Waals surface area contributed by atoms with Crippen LogP contribution in [0.3, 0.4) is 0 Å². The maximum atomic E-state index is 11.8. The average molecular weight is 313 g/mol. The number of hydrogen-bond acceptors (Lipinski definition) is 2. The lowest BCUT2D eigenvalue weighted by molar-refractivity contribution is -0.116. The number of hydrogen-bond donors (Lipinski definition) is 2. The van der Waals surface area contributed by atoms with Gasteiger partial charge in [-0.05, 0) is 59.8 Å². The monoisotopic (exact) mass is 312 g/mol. The Morgan fingerprint density at radius 1 is 1.44 bits per heavy atom. The average Bonchev–Trinajstić information content (AvgIpc) is 2.33. The van der Waals surface area contributed by atoms with Crippen molar-refractivity contribution in [2.75, 3.05) is 11.9 Å². The summed E-state index contributed by atoms with van der Waals surface area (Å²) in [6, 6.07) is 5.84. The molecule has 0 fully saturated rings. The quantitative estimate of drug-likeness (QED) is 0.845. The van der Waals surface area contributed by atoms with Crippen molar-refractivity contribution < 1.29 is 4.79 Å². The Balaban J connectivity index is 2.47. The molecule has 1 amide bonds. The van der Waals surface area contributed by atoms with Crippen molar-refractivity contribution in [3.8, 4) is 0 Å². The van der Waals surface area contributed by atoms with Gasteiger partial charge in [0, 0.05) is 10.9 Å². The van der Waals surface area contributed by atoms with Crippen molar-refractivity contribution in [1.82, 2.24) is 0 Å². The standard InChI is InChI=1S/C14H21BrN2O/c1-10(8-9-16)6-7-13(18)17-12-5-3-4-11(2)14(12)15/h3-5,10H,6-9,16H2,1-2H3,(H,17,18). The molecule has 0 aliphatic rings. The maximum Gasteiger partial charge on any atom is 0.224 e. The molecule has 1 rings (SSSR count). The van der Waals surface area contributed by atoms with Crippen LogP contribution >= 0.6 is 15.9 Å². The van der Waals surface area contributed by atoms with Crippen molar-refractivity contribution in [3.63, 3.8) is 0 Å². The minimum absolute atomic E-state index is 0.0603. The van der Waals surface area contributed by atoms with Crippen LogP contribution in [0.2, 0.25) is 0 Å². The van der Waals surface area contributed by atoms with E-state index in [0.717, 1.165) is 28.6 Å². The molecule has 0 aliphatic carbocycles. The minimum atomic E-state index is 0.0603. The molecule has 3 nitrogen and oxygen atoms in total. The molecule has 0 spiro atoms. The summed E-state index contributed by atoms with van der Waals surface area (Å²) in [6.45, 7) is 4.82. The van der Waals surface area contributed by atoms with Gasteiger partial charge in [0.1, 0.15) is 0 Å². The highest BCUT2D eigenvalue weighted by Crippen LogP contribution is 2.26. The van der Waals surface area contributed by atoms with Crippen LogP contribution in [0.15, 0.2) is 22.7 Å². The Morgan fingerprint density at radius 2 is 2.17 bits per heavy atom. The third kappa shape index (κ3) is 4.78. The fourth-order valence-corrected chi connectivity index (χ4v) is 2.13. The second-order valence-electron chi connectivity index (χ2n) is 4.71. The molecule has 3 N–H and O–H groups in total. The molecule has 100 valence electrons. The Bertz CT molecular complexity index is 407. The molecule has 18 heavy (non-hydrogen) atoms. The Morgan fingerprint density at radius 3 is 2.83 bits per heavy atom. The number of aryl methyl sites for hydroxylation is 1. The van der Waals surface area contributed by atoms with Crippen molar-refractivity contribution >= 4 is 27.5 Å². The molecule has 0 radical (unpaired) electrons. The van der Waals surface area contributed by atoms with Gasteiger partial charge in [0.25, 0.3) is 0 Å². The Hall–Kier alpha value is -0.870. The highest BCUT2D eigenvalue weighted by molar-refractivity contribution is 9.10. The van der Waals surface area contributed by atoms with E-state index in [0.29, 0.717) is 18.9 Å². The SMILES string of the molecule is Cc1cccc(NC(=O)CCC(C)CCN)c1Br. The zero-order chi connectivity index (χ0) is 13.5. The van der Waals surface area contributed by atoms with E-state index in [1.54, 1.807) is 0 Å². The first-order valence-corrected chi connectivity index (χ1v) is 7.09. The summed E-state index contributed by atoms with van der Waals surface area (Å²) >= 11 is 3.48. The fraction of sp³-hybridized carbons (Fsp3) is 0.500. The van der Waals surface area contributed by atoms with Crippen LogP contribution in [0.1, 0.15) is 31.7 Å². The van der Waals surface area contributed by atoms with Gasteiger partial charge in [0.05, 0.1) is 5.69 Å². The minimum Gasteiger partial charge on any atom is -0.330 e. The highest BCUT2D eigenvalue weighted by Gasteiger charge is 2.09. The summed E-state index contributed by atoms with van der Waals surface area (Å²) in [7, 11) is 0. The smallest absolute Gasteiger partial charge is 0.224 e. The number of amides is 1. The summed E-state index contributed by atoms with van der Waals surface area (Å²) < 4.78 is 0.952. The predicted octanol–water partition coefficient (Wildman–Crippen LogP) is 3.46. The van der Waals surface area contributed by atoms with E-state index in [9.17, 15) is 4.79 Å². The second-order valence-corrected chi connectivity index (χ2v) is 5.50. The van der Waals surface area contributed by atoms with Gasteiger partial charge < -0.3 is 11.1 Å². The topological polar surface area (TPSA) is 55.1 Å². The van der Waals surface area contributed by atoms with E-state index in [4.69, 9.17) is 5.73 Å². The summed E-state index contributed by atoms with van der Waals surface area (Å²) in [6.07, 6.45) is 2.40. The Kier molecular flexibility index (Phi) is 6.36. The first-order valence-electron chi connectivity index (χ1n) is 6.29. The number of rotatable bonds is 6. The summed E-state index contributed by atoms with van der Waals surface area (Å²) in [5.41, 5.74) is 7.44. The molecule has 4 heteroatoms. The van der Waals surface area contributed by atoms with E-state index in [1.165, 1.54) is 0 Å². The lowest BCUT2D eigenvalue weighted by Crippen LogP contribution is -2.14. The molecular formula is C14H21BrN2O. The molecule has 0 aliphatic heterocycles. The van der Waals surface area contributed by atoms with Crippen LogP contribution in [0.4, 0.5) is 5.69 Å². The largest absolute Gasteiger partial charge is 0.330 e. The highest BCUT2D eigenvalue weighted by atomic mass is 79.9. The van der Waals surface area contributed by atoms with Crippen LogP contribution in [-0.2, 0) is 4.79 Å². The summed E-state index contributed by atoms with van der Waals surface area (Å²) in [4.78, 5) is 11.8. The van der Waals surface area contributed by atoms with Crippen LogP contribution in [0.25, 0.3) is 0 Å². The van der Waals surface area contributed by atoms with Gasteiger partial charge in [-0.3, -0.25) is 4.79 Å². The summed E-state index contributed by atoms with van der Waals surface area (Å²) in [5.74, 6) is 0.562. The Labute approximate surface area is 117 Å². The van der Waals surface area contributed by atoms with Gasteiger partial charge in [-0.1, -0.05) is 19.1 Å². The van der Waals surface area contributed by atoms with E-state index in [1.807, 2.05) is 25.1 Å². The molecular weight excluding hydrogens is 292 g/mol. The van der Waals surface area contributed by atoms with Crippen LogP contribution in [0.5, 0.6) is 0 Å². The molecule has 1 atom stereocenters. The third-order valence-corrected chi connectivity index (χ3v) is 4.04. The zero-order valence-electron chi connectivity index (χ0n) is 11.0. The van der Waals surface area contributed by atoms with Crippen LogP contribution < -0.4 is 11.1 Å². The van der Waals surface area contributed by atoms with Crippen LogP contribution in [-0.4, -0.2) is 12.5 Å². The lowest BCUT2D eigenvalue weighted by Gasteiger charge is -2.11. The fourth-order valence-electron chi connectivity index (χ4n) is 1.76. The lowest BCUT2D eigenvalue weighted by atomic mass is 10.0. The van der Waals surface area contributed by atoms with E-state index in [2.05, 4.69) is 28.2 Å². The van der Waals surface area contributed by atoms with Gasteiger partial charge in [-0.25, -0.2) is 0 Å². The zero-order valence-corrected chi connectivity index (χ0v) is 12.6. The number of nitrogens with one attached hydrogen (secondary N) is 1.